The summed E-state index contributed by atoms with van der Waals surface area (Å²) in [5.41, 5.74) is 2.93. The highest BCUT2D eigenvalue weighted by molar-refractivity contribution is 5.70. The lowest BCUT2D eigenvalue weighted by atomic mass is 9.78. The van der Waals surface area contributed by atoms with E-state index in [1.54, 1.807) is 19.1 Å². The first-order valence-corrected chi connectivity index (χ1v) is 11.5. The van der Waals surface area contributed by atoms with Crippen molar-refractivity contribution in [3.63, 3.8) is 0 Å². The Balaban J connectivity index is 1.36. The van der Waals surface area contributed by atoms with E-state index >= 15 is 0 Å². The molecule has 3 fully saturated rings. The Labute approximate surface area is 188 Å². The molecule has 0 aromatic heterocycles. The van der Waals surface area contributed by atoms with E-state index in [2.05, 4.69) is 24.1 Å². The molecule has 4 heterocycles. The van der Waals surface area contributed by atoms with Crippen LogP contribution in [0.1, 0.15) is 43.9 Å². The van der Waals surface area contributed by atoms with Crippen LogP contribution in [0.25, 0.3) is 11.1 Å². The Morgan fingerprint density at radius 3 is 2.56 bits per heavy atom. The van der Waals surface area contributed by atoms with Gasteiger partial charge in [0.15, 0.2) is 0 Å². The molecule has 2 aromatic rings. The zero-order valence-corrected chi connectivity index (χ0v) is 19.0. The second kappa shape index (κ2) is 8.07. The largest absolute Gasteiger partial charge is 0.493 e. The van der Waals surface area contributed by atoms with Crippen LogP contribution in [0.4, 0.5) is 9.18 Å². The van der Waals surface area contributed by atoms with Gasteiger partial charge >= 0.3 is 6.09 Å². The SMILES string of the molecule is Cc1ccc(-c2ccc3c(c2)OCC(C)(C)C3NC(=O)O[C@H]2CN3CCC2CC3)cc1F. The molecule has 1 N–H and O–H groups in total. The fourth-order valence-electron chi connectivity index (χ4n) is 5.22. The molecule has 5 nitrogen and oxygen atoms in total. The van der Waals surface area contributed by atoms with Crippen LogP contribution in [0.2, 0.25) is 0 Å². The first-order chi connectivity index (χ1) is 15.3. The Morgan fingerprint density at radius 1 is 1.16 bits per heavy atom. The Kier molecular flexibility index (Phi) is 5.36. The molecule has 2 atom stereocenters. The van der Waals surface area contributed by atoms with Gasteiger partial charge < -0.3 is 14.8 Å². The summed E-state index contributed by atoms with van der Waals surface area (Å²) in [5, 5.41) is 3.13. The van der Waals surface area contributed by atoms with Gasteiger partial charge in [-0.05, 0) is 67.6 Å². The van der Waals surface area contributed by atoms with Crippen LogP contribution in [0.5, 0.6) is 5.75 Å². The van der Waals surface area contributed by atoms with Crippen molar-refractivity contribution in [2.75, 3.05) is 26.2 Å². The van der Waals surface area contributed by atoms with Crippen molar-refractivity contribution in [1.82, 2.24) is 10.2 Å². The molecule has 1 amide bonds. The maximum atomic E-state index is 14.1. The van der Waals surface area contributed by atoms with E-state index in [9.17, 15) is 9.18 Å². The topological polar surface area (TPSA) is 50.8 Å². The van der Waals surface area contributed by atoms with E-state index in [4.69, 9.17) is 9.47 Å². The lowest BCUT2D eigenvalue weighted by Crippen LogP contribution is -2.53. The van der Waals surface area contributed by atoms with E-state index in [-0.39, 0.29) is 29.5 Å². The fourth-order valence-corrected chi connectivity index (χ4v) is 5.22. The van der Waals surface area contributed by atoms with E-state index in [1.165, 1.54) is 0 Å². The maximum Gasteiger partial charge on any atom is 0.407 e. The summed E-state index contributed by atoms with van der Waals surface area (Å²) in [5.74, 6) is 0.964. The molecule has 4 aliphatic rings. The van der Waals surface area contributed by atoms with E-state index in [1.807, 2.05) is 24.3 Å². The monoisotopic (exact) mass is 438 g/mol. The van der Waals surface area contributed by atoms with Crippen LogP contribution < -0.4 is 10.1 Å². The van der Waals surface area contributed by atoms with Crippen molar-refractivity contribution in [2.45, 2.75) is 45.8 Å². The van der Waals surface area contributed by atoms with Crippen molar-refractivity contribution in [3.05, 3.63) is 53.3 Å². The average molecular weight is 439 g/mol. The molecular formula is C26H31FN2O3. The zero-order valence-electron chi connectivity index (χ0n) is 19.0. The molecule has 0 spiro atoms. The summed E-state index contributed by atoms with van der Waals surface area (Å²) in [7, 11) is 0. The molecule has 3 saturated heterocycles. The summed E-state index contributed by atoms with van der Waals surface area (Å²) in [6, 6.07) is 10.9. The number of benzene rings is 2. The number of nitrogens with one attached hydrogen (secondary N) is 1. The summed E-state index contributed by atoms with van der Waals surface area (Å²) in [4.78, 5) is 15.3. The normalized spacial score (nSPS) is 27.9. The van der Waals surface area contributed by atoms with Gasteiger partial charge in [0, 0.05) is 17.5 Å². The number of fused-ring (bicyclic) bond motifs is 4. The van der Waals surface area contributed by atoms with Gasteiger partial charge in [-0.15, -0.1) is 0 Å². The van der Waals surface area contributed by atoms with Gasteiger partial charge in [-0.1, -0.05) is 38.1 Å². The molecule has 4 aliphatic heterocycles. The molecule has 0 radical (unpaired) electrons. The first-order valence-electron chi connectivity index (χ1n) is 11.5. The number of nitrogens with zero attached hydrogens (tertiary/aromatic N) is 1. The molecule has 2 aromatic carbocycles. The quantitative estimate of drug-likeness (QED) is 0.726. The molecule has 2 bridgehead atoms. The van der Waals surface area contributed by atoms with Gasteiger partial charge in [-0.3, -0.25) is 4.90 Å². The van der Waals surface area contributed by atoms with Crippen LogP contribution in [-0.2, 0) is 4.74 Å². The Bertz CT molecular complexity index is 1030. The van der Waals surface area contributed by atoms with Crippen LogP contribution in [0.15, 0.2) is 36.4 Å². The molecule has 170 valence electrons. The van der Waals surface area contributed by atoms with Crippen LogP contribution in [0.3, 0.4) is 0 Å². The summed E-state index contributed by atoms with van der Waals surface area (Å²) >= 11 is 0. The number of aryl methyl sites for hydroxylation is 1. The summed E-state index contributed by atoms with van der Waals surface area (Å²) in [6.07, 6.45) is 1.82. The van der Waals surface area contributed by atoms with E-state index < -0.39 is 0 Å². The van der Waals surface area contributed by atoms with E-state index in [0.717, 1.165) is 54.9 Å². The van der Waals surface area contributed by atoms with Gasteiger partial charge in [0.05, 0.1) is 12.6 Å². The summed E-state index contributed by atoms with van der Waals surface area (Å²) in [6.45, 7) is 9.44. The van der Waals surface area contributed by atoms with Crippen LogP contribution in [0, 0.1) is 24.1 Å². The molecule has 1 unspecified atom stereocenters. The highest BCUT2D eigenvalue weighted by Gasteiger charge is 2.41. The van der Waals surface area contributed by atoms with Crippen molar-refractivity contribution in [2.24, 2.45) is 11.3 Å². The fraction of sp³-hybridized carbons (Fsp3) is 0.500. The zero-order chi connectivity index (χ0) is 22.5. The van der Waals surface area contributed by atoms with Gasteiger partial charge in [0.25, 0.3) is 0 Å². The van der Waals surface area contributed by atoms with E-state index in [0.29, 0.717) is 18.1 Å². The molecule has 0 saturated carbocycles. The number of rotatable bonds is 3. The third kappa shape index (κ3) is 3.96. The third-order valence-corrected chi connectivity index (χ3v) is 7.33. The van der Waals surface area contributed by atoms with Crippen molar-refractivity contribution < 1.29 is 18.7 Å². The van der Waals surface area contributed by atoms with Crippen LogP contribution >= 0.6 is 0 Å². The smallest absolute Gasteiger partial charge is 0.407 e. The number of carbonyl (C=O) groups is 1. The second-order valence-corrected chi connectivity index (χ2v) is 10.2. The Morgan fingerprint density at radius 2 is 1.88 bits per heavy atom. The molecule has 6 rings (SSSR count). The molecule has 0 aliphatic carbocycles. The minimum absolute atomic E-state index is 0.0290. The standard InChI is InChI=1S/C26H31FN2O3/c1-16-4-5-18(12-21(16)27)19-6-7-20-22(13-19)31-15-26(2,3)24(20)28-25(30)32-23-14-29-10-8-17(23)9-11-29/h4-7,12-13,17,23-24H,8-11,14-15H2,1-3H3,(H,28,30)/t23-,24?/m0/s1. The second-order valence-electron chi connectivity index (χ2n) is 10.2. The lowest BCUT2D eigenvalue weighted by Gasteiger charge is -2.44. The number of ether oxygens (including phenoxy) is 2. The number of halogens is 1. The number of hydrogen-bond donors (Lipinski definition) is 1. The average Bonchev–Trinajstić information content (AvgIpc) is 2.78. The van der Waals surface area contributed by atoms with Gasteiger partial charge in [-0.25, -0.2) is 9.18 Å². The van der Waals surface area contributed by atoms with Gasteiger partial charge in [0.1, 0.15) is 17.7 Å². The number of amides is 1. The van der Waals surface area contributed by atoms with Crippen LogP contribution in [-0.4, -0.2) is 43.3 Å². The third-order valence-electron chi connectivity index (χ3n) is 7.33. The van der Waals surface area contributed by atoms with Crippen molar-refractivity contribution in [3.8, 4) is 16.9 Å². The molecule has 32 heavy (non-hydrogen) atoms. The minimum atomic E-state index is -0.362. The molecule has 6 heteroatoms. The van der Waals surface area contributed by atoms with Crippen molar-refractivity contribution in [1.29, 1.82) is 0 Å². The number of alkyl carbamates (subject to hydrolysis) is 1. The first kappa shape index (κ1) is 21.3. The van der Waals surface area contributed by atoms with Gasteiger partial charge in [-0.2, -0.15) is 0 Å². The number of hydrogen-bond acceptors (Lipinski definition) is 4. The molecular weight excluding hydrogens is 407 g/mol. The highest BCUT2D eigenvalue weighted by Crippen LogP contribution is 2.44. The predicted molar refractivity (Wildman–Crippen MR) is 121 cm³/mol. The number of piperidine rings is 3. The highest BCUT2D eigenvalue weighted by atomic mass is 19.1. The predicted octanol–water partition coefficient (Wildman–Crippen LogP) is 5.08. The van der Waals surface area contributed by atoms with Gasteiger partial charge in [0.2, 0.25) is 0 Å². The summed E-state index contributed by atoms with van der Waals surface area (Å²) < 4.78 is 26.0. The maximum absolute atomic E-state index is 14.1. The lowest BCUT2D eigenvalue weighted by molar-refractivity contribution is -0.0361. The van der Waals surface area contributed by atoms with Crippen molar-refractivity contribution >= 4 is 6.09 Å². The Hall–Kier alpha value is -2.60. The number of carbonyl (C=O) groups excluding carboxylic acids is 1. The minimum Gasteiger partial charge on any atom is -0.493 e.